The van der Waals surface area contributed by atoms with Crippen molar-refractivity contribution in [3.63, 3.8) is 0 Å². The Balaban J connectivity index is 1.87. The van der Waals surface area contributed by atoms with Crippen LogP contribution in [0, 0.1) is 23.2 Å². The summed E-state index contributed by atoms with van der Waals surface area (Å²) in [6.45, 7) is 7.67. The standard InChI is InChI=1S/C21H28O6/c1-12-4-5-16-15(11-27-13(2)22)20(25)19(24)9-21(16,3)17(12)8-18(23)14-6-7-26-10-14/h6-7,10,15-17,19-20,24-25H,1,4-5,8-9,11H2,2-3H3. The molecule has 2 aliphatic carbocycles. The molecule has 2 saturated carbocycles. The molecule has 1 aromatic rings. The van der Waals surface area contributed by atoms with E-state index in [-0.39, 0.29) is 36.6 Å². The zero-order chi connectivity index (χ0) is 19.8. The van der Waals surface area contributed by atoms with E-state index in [1.165, 1.54) is 19.5 Å². The predicted octanol–water partition coefficient (Wildman–Crippen LogP) is 2.75. The molecule has 1 aromatic heterocycles. The summed E-state index contributed by atoms with van der Waals surface area (Å²) >= 11 is 0. The highest BCUT2D eigenvalue weighted by Crippen LogP contribution is 2.58. The van der Waals surface area contributed by atoms with Crippen LogP contribution >= 0.6 is 0 Å². The fourth-order valence-electron chi connectivity index (χ4n) is 5.19. The minimum Gasteiger partial charge on any atom is -0.472 e. The van der Waals surface area contributed by atoms with Crippen LogP contribution in [-0.2, 0) is 9.53 Å². The summed E-state index contributed by atoms with van der Waals surface area (Å²) < 4.78 is 10.2. The molecule has 0 spiro atoms. The van der Waals surface area contributed by atoms with Gasteiger partial charge in [0.15, 0.2) is 5.78 Å². The van der Waals surface area contributed by atoms with Crippen LogP contribution in [0.1, 0.15) is 49.9 Å². The Morgan fingerprint density at radius 3 is 2.78 bits per heavy atom. The number of carbonyl (C=O) groups is 2. The van der Waals surface area contributed by atoms with Crippen LogP contribution in [0.4, 0.5) is 0 Å². The molecule has 0 radical (unpaired) electrons. The van der Waals surface area contributed by atoms with Crippen molar-refractivity contribution in [2.24, 2.45) is 23.2 Å². The highest BCUT2D eigenvalue weighted by Gasteiger charge is 2.56. The van der Waals surface area contributed by atoms with Crippen LogP contribution in [0.25, 0.3) is 0 Å². The summed E-state index contributed by atoms with van der Waals surface area (Å²) in [5.74, 6) is -0.865. The summed E-state index contributed by atoms with van der Waals surface area (Å²) in [6, 6.07) is 1.65. The number of aliphatic hydroxyl groups is 2. The van der Waals surface area contributed by atoms with E-state index in [1.807, 2.05) is 0 Å². The topological polar surface area (TPSA) is 97.0 Å². The third-order valence-electron chi connectivity index (χ3n) is 6.62. The van der Waals surface area contributed by atoms with E-state index in [0.29, 0.717) is 12.0 Å². The van der Waals surface area contributed by atoms with Gasteiger partial charge in [0.05, 0.1) is 30.6 Å². The van der Waals surface area contributed by atoms with E-state index in [0.717, 1.165) is 18.4 Å². The first-order chi connectivity index (χ1) is 12.7. The Kier molecular flexibility index (Phi) is 5.58. The number of allylic oxidation sites excluding steroid dienone is 1. The number of ether oxygens (including phenoxy) is 1. The Morgan fingerprint density at radius 1 is 1.41 bits per heavy atom. The summed E-state index contributed by atoms with van der Waals surface area (Å²) in [6.07, 6.45) is 3.26. The average Bonchev–Trinajstić information content (AvgIpc) is 3.13. The van der Waals surface area contributed by atoms with Gasteiger partial charge in [-0.05, 0) is 42.6 Å². The van der Waals surface area contributed by atoms with Crippen molar-refractivity contribution in [3.05, 3.63) is 36.3 Å². The van der Waals surface area contributed by atoms with Crippen molar-refractivity contribution >= 4 is 11.8 Å². The van der Waals surface area contributed by atoms with E-state index in [9.17, 15) is 19.8 Å². The minimum atomic E-state index is -0.945. The number of esters is 1. The minimum absolute atomic E-state index is 0.0195. The number of fused-ring (bicyclic) bond motifs is 1. The van der Waals surface area contributed by atoms with E-state index in [2.05, 4.69) is 13.5 Å². The molecule has 6 nitrogen and oxygen atoms in total. The molecule has 3 rings (SSSR count). The first kappa shape index (κ1) is 19.8. The molecule has 148 valence electrons. The summed E-state index contributed by atoms with van der Waals surface area (Å²) in [5, 5.41) is 21.1. The zero-order valence-electron chi connectivity index (χ0n) is 15.9. The van der Waals surface area contributed by atoms with Gasteiger partial charge < -0.3 is 19.4 Å². The summed E-state index contributed by atoms with van der Waals surface area (Å²) in [5.41, 5.74) is 1.12. The summed E-state index contributed by atoms with van der Waals surface area (Å²) in [4.78, 5) is 24.0. The lowest BCUT2D eigenvalue weighted by Gasteiger charge is -2.56. The van der Waals surface area contributed by atoms with Gasteiger partial charge in [0.1, 0.15) is 6.26 Å². The highest BCUT2D eigenvalue weighted by molar-refractivity contribution is 5.96. The Labute approximate surface area is 159 Å². The van der Waals surface area contributed by atoms with Gasteiger partial charge in [0, 0.05) is 19.3 Å². The van der Waals surface area contributed by atoms with Crippen molar-refractivity contribution in [1.29, 1.82) is 0 Å². The first-order valence-electron chi connectivity index (χ1n) is 9.46. The normalized spacial score (nSPS) is 36.1. The third kappa shape index (κ3) is 3.73. The van der Waals surface area contributed by atoms with Crippen LogP contribution in [-0.4, -0.2) is 40.8 Å². The van der Waals surface area contributed by atoms with Gasteiger partial charge in [-0.3, -0.25) is 9.59 Å². The number of Topliss-reactive ketones (excluding diaryl/α,β-unsaturated/α-hetero) is 1. The number of carbonyl (C=O) groups excluding carboxylic acids is 2. The lowest BCUT2D eigenvalue weighted by Crippen LogP contribution is -2.57. The van der Waals surface area contributed by atoms with Crippen LogP contribution < -0.4 is 0 Å². The van der Waals surface area contributed by atoms with Gasteiger partial charge >= 0.3 is 5.97 Å². The smallest absolute Gasteiger partial charge is 0.302 e. The van der Waals surface area contributed by atoms with E-state index in [1.54, 1.807) is 6.07 Å². The van der Waals surface area contributed by atoms with Crippen LogP contribution in [0.2, 0.25) is 0 Å². The Morgan fingerprint density at radius 2 is 2.15 bits per heavy atom. The van der Waals surface area contributed by atoms with Crippen molar-refractivity contribution in [2.45, 2.75) is 51.7 Å². The van der Waals surface area contributed by atoms with Crippen molar-refractivity contribution in [3.8, 4) is 0 Å². The van der Waals surface area contributed by atoms with Gasteiger partial charge in [-0.1, -0.05) is 19.1 Å². The van der Waals surface area contributed by atoms with Crippen LogP contribution in [0.15, 0.2) is 35.2 Å². The number of ketones is 1. The predicted molar refractivity (Wildman–Crippen MR) is 97.9 cm³/mol. The molecule has 0 aliphatic heterocycles. The second kappa shape index (κ2) is 7.60. The molecule has 0 saturated heterocycles. The number of hydrogen-bond donors (Lipinski definition) is 2. The Hall–Kier alpha value is -1.92. The molecule has 2 aliphatic rings. The molecular formula is C21H28O6. The lowest BCUT2D eigenvalue weighted by molar-refractivity contribution is -0.168. The maximum atomic E-state index is 12.7. The zero-order valence-corrected chi connectivity index (χ0v) is 15.9. The summed E-state index contributed by atoms with van der Waals surface area (Å²) in [7, 11) is 0. The molecule has 2 N–H and O–H groups in total. The fourth-order valence-corrected chi connectivity index (χ4v) is 5.19. The van der Waals surface area contributed by atoms with E-state index >= 15 is 0 Å². The number of hydrogen-bond acceptors (Lipinski definition) is 6. The largest absolute Gasteiger partial charge is 0.472 e. The van der Waals surface area contributed by atoms with Crippen LogP contribution in [0.3, 0.4) is 0 Å². The number of aliphatic hydroxyl groups excluding tert-OH is 2. The molecule has 0 aromatic carbocycles. The van der Waals surface area contributed by atoms with Crippen LogP contribution in [0.5, 0.6) is 0 Å². The molecular weight excluding hydrogens is 348 g/mol. The molecule has 6 heteroatoms. The lowest BCUT2D eigenvalue weighted by atomic mass is 9.49. The number of furan rings is 1. The van der Waals surface area contributed by atoms with Gasteiger partial charge in [-0.2, -0.15) is 0 Å². The van der Waals surface area contributed by atoms with Gasteiger partial charge in [-0.15, -0.1) is 0 Å². The fraction of sp³-hybridized carbons (Fsp3) is 0.619. The second-order valence-corrected chi connectivity index (χ2v) is 8.23. The van der Waals surface area contributed by atoms with Gasteiger partial charge in [0.25, 0.3) is 0 Å². The van der Waals surface area contributed by atoms with E-state index in [4.69, 9.17) is 9.15 Å². The Bertz CT molecular complexity index is 708. The molecule has 0 bridgehead atoms. The van der Waals surface area contributed by atoms with Gasteiger partial charge in [-0.25, -0.2) is 0 Å². The molecule has 6 unspecified atom stereocenters. The van der Waals surface area contributed by atoms with Crippen molar-refractivity contribution in [2.75, 3.05) is 6.61 Å². The van der Waals surface area contributed by atoms with Gasteiger partial charge in [0.2, 0.25) is 0 Å². The highest BCUT2D eigenvalue weighted by atomic mass is 16.5. The maximum absolute atomic E-state index is 12.7. The monoisotopic (exact) mass is 376 g/mol. The SMILES string of the molecule is C=C1CCC2C(COC(C)=O)C(O)C(O)CC2(C)C1CC(=O)c1ccoc1. The molecule has 27 heavy (non-hydrogen) atoms. The third-order valence-corrected chi connectivity index (χ3v) is 6.62. The molecule has 6 atom stereocenters. The van der Waals surface area contributed by atoms with E-state index < -0.39 is 23.6 Å². The number of rotatable bonds is 5. The maximum Gasteiger partial charge on any atom is 0.302 e. The molecule has 0 amide bonds. The quantitative estimate of drug-likeness (QED) is 0.466. The average molecular weight is 376 g/mol. The first-order valence-corrected chi connectivity index (χ1v) is 9.46. The van der Waals surface area contributed by atoms with Crippen molar-refractivity contribution < 1.29 is 29.0 Å². The molecule has 2 fully saturated rings. The second-order valence-electron chi connectivity index (χ2n) is 8.23. The van der Waals surface area contributed by atoms with Crippen molar-refractivity contribution in [1.82, 2.24) is 0 Å². The molecule has 1 heterocycles.